The number of hydrogen-bond donors (Lipinski definition) is 0. The van der Waals surface area contributed by atoms with Gasteiger partial charge in [0.1, 0.15) is 29.1 Å². The minimum Gasteiger partial charge on any atom is -0.497 e. The van der Waals surface area contributed by atoms with E-state index in [0.29, 0.717) is 0 Å². The fourth-order valence-electron chi connectivity index (χ4n) is 4.18. The van der Waals surface area contributed by atoms with E-state index in [1.165, 1.54) is 5.56 Å². The summed E-state index contributed by atoms with van der Waals surface area (Å²) in [7, 11) is 1.65. The molecule has 1 aromatic heterocycles. The average molecular weight is 419 g/mol. The van der Waals surface area contributed by atoms with Crippen LogP contribution in [0.25, 0.3) is 22.6 Å². The molecule has 0 N–H and O–H groups in total. The van der Waals surface area contributed by atoms with E-state index >= 15 is 0 Å². The van der Waals surface area contributed by atoms with E-state index < -0.39 is 6.61 Å². The van der Waals surface area contributed by atoms with Gasteiger partial charge in [-0.25, -0.2) is 0 Å². The first kappa shape index (κ1) is 19.3. The van der Waals surface area contributed by atoms with Crippen LogP contribution >= 0.6 is 0 Å². The molecule has 0 fully saturated rings. The Labute approximate surface area is 178 Å². The van der Waals surface area contributed by atoms with Crippen molar-refractivity contribution in [1.29, 1.82) is 0 Å². The zero-order valence-corrected chi connectivity index (χ0v) is 17.0. The van der Waals surface area contributed by atoms with Gasteiger partial charge in [0, 0.05) is 5.56 Å². The summed E-state index contributed by atoms with van der Waals surface area (Å²) in [5.41, 5.74) is 5.36. The molecule has 0 radical (unpaired) electrons. The maximum absolute atomic E-state index is 12.5. The number of methoxy groups -OCH3 is 1. The topological polar surface area (TPSA) is 27.3 Å². The van der Waals surface area contributed by atoms with E-state index in [0.717, 1.165) is 47.0 Å². The van der Waals surface area contributed by atoms with Gasteiger partial charge in [0.2, 0.25) is 0 Å². The number of hydrogen-bond acceptors (Lipinski definition) is 2. The monoisotopic (exact) mass is 419 g/mol. The lowest BCUT2D eigenvalue weighted by atomic mass is 10.0. The van der Waals surface area contributed by atoms with Crippen LogP contribution in [0, 0.1) is 0 Å². The van der Waals surface area contributed by atoms with Crippen molar-refractivity contribution in [3.8, 4) is 34.1 Å². The van der Waals surface area contributed by atoms with Gasteiger partial charge in [0.05, 0.1) is 13.5 Å². The third-order valence-electron chi connectivity index (χ3n) is 5.60. The maximum atomic E-state index is 12.5. The van der Waals surface area contributed by atoms with Crippen LogP contribution in [0.15, 0.2) is 79.0 Å². The SMILES string of the molecule is COc1ccc(-n2c(-c3ccc(OC(F)F)cc3)c[n+]3c2CCc2ccccc2-3)cc1. The Balaban J connectivity index is 1.67. The van der Waals surface area contributed by atoms with Gasteiger partial charge in [-0.05, 0) is 66.6 Å². The molecule has 4 nitrogen and oxygen atoms in total. The molecule has 0 bridgehead atoms. The van der Waals surface area contributed by atoms with E-state index in [1.54, 1.807) is 19.2 Å². The number of halogens is 2. The second-order valence-corrected chi connectivity index (χ2v) is 7.37. The largest absolute Gasteiger partial charge is 0.497 e. The molecule has 0 saturated carbocycles. The molecule has 0 aliphatic carbocycles. The van der Waals surface area contributed by atoms with Gasteiger partial charge in [0.15, 0.2) is 5.69 Å². The number of ether oxygens (including phenoxy) is 2. The normalized spacial score (nSPS) is 12.4. The average Bonchev–Trinajstić information content (AvgIpc) is 3.19. The Morgan fingerprint density at radius 3 is 2.29 bits per heavy atom. The van der Waals surface area contributed by atoms with Gasteiger partial charge in [-0.2, -0.15) is 17.9 Å². The van der Waals surface area contributed by atoms with Crippen molar-refractivity contribution < 1.29 is 22.8 Å². The molecule has 0 unspecified atom stereocenters. The molecule has 6 heteroatoms. The molecule has 1 aliphatic rings. The number of fused-ring (bicyclic) bond motifs is 3. The van der Waals surface area contributed by atoms with E-state index in [-0.39, 0.29) is 5.75 Å². The summed E-state index contributed by atoms with van der Waals surface area (Å²) >= 11 is 0. The Kier molecular flexibility index (Phi) is 4.90. The second-order valence-electron chi connectivity index (χ2n) is 7.37. The summed E-state index contributed by atoms with van der Waals surface area (Å²) in [6, 6.07) is 23.1. The lowest BCUT2D eigenvalue weighted by Gasteiger charge is -2.14. The molecule has 0 saturated heterocycles. The summed E-state index contributed by atoms with van der Waals surface area (Å²) in [4.78, 5) is 0. The van der Waals surface area contributed by atoms with Gasteiger partial charge in [0.25, 0.3) is 5.82 Å². The van der Waals surface area contributed by atoms with Gasteiger partial charge in [-0.15, -0.1) is 0 Å². The number of rotatable bonds is 5. The van der Waals surface area contributed by atoms with Crippen molar-refractivity contribution >= 4 is 0 Å². The van der Waals surface area contributed by atoms with Crippen molar-refractivity contribution in [2.24, 2.45) is 0 Å². The quantitative estimate of drug-likeness (QED) is 0.420. The summed E-state index contributed by atoms with van der Waals surface area (Å²) < 4.78 is 39.4. The number of para-hydroxylation sites is 1. The fourth-order valence-corrected chi connectivity index (χ4v) is 4.18. The minimum atomic E-state index is -2.84. The van der Waals surface area contributed by atoms with Crippen molar-refractivity contribution in [3.63, 3.8) is 0 Å². The van der Waals surface area contributed by atoms with Crippen LogP contribution < -0.4 is 14.0 Å². The van der Waals surface area contributed by atoms with Gasteiger partial charge in [-0.3, -0.25) is 0 Å². The van der Waals surface area contributed by atoms with Crippen LogP contribution in [0.4, 0.5) is 8.78 Å². The highest BCUT2D eigenvalue weighted by Crippen LogP contribution is 2.30. The van der Waals surface area contributed by atoms with Crippen LogP contribution in [0.2, 0.25) is 0 Å². The molecule has 4 aromatic rings. The lowest BCUT2D eigenvalue weighted by Crippen LogP contribution is -2.39. The first-order chi connectivity index (χ1) is 15.1. The first-order valence-electron chi connectivity index (χ1n) is 10.1. The second kappa shape index (κ2) is 7.87. The molecule has 0 amide bonds. The first-order valence-corrected chi connectivity index (χ1v) is 10.1. The van der Waals surface area contributed by atoms with Crippen LogP contribution in [0.5, 0.6) is 11.5 Å². The van der Waals surface area contributed by atoms with Crippen LogP contribution in [0.1, 0.15) is 11.4 Å². The van der Waals surface area contributed by atoms with Crippen molar-refractivity contribution in [1.82, 2.24) is 4.57 Å². The number of benzene rings is 3. The zero-order chi connectivity index (χ0) is 21.4. The molecule has 31 heavy (non-hydrogen) atoms. The number of nitrogens with zero attached hydrogens (tertiary/aromatic N) is 2. The van der Waals surface area contributed by atoms with E-state index in [9.17, 15) is 8.78 Å². The molecule has 0 atom stereocenters. The molecule has 5 rings (SSSR count). The molecular formula is C25H21F2N2O2+. The number of aromatic nitrogens is 2. The fraction of sp³-hybridized carbons (Fsp3) is 0.160. The molecular weight excluding hydrogens is 398 g/mol. The Hall–Kier alpha value is -3.67. The zero-order valence-electron chi connectivity index (χ0n) is 17.0. The van der Waals surface area contributed by atoms with Crippen LogP contribution in [0.3, 0.4) is 0 Å². The highest BCUT2D eigenvalue weighted by molar-refractivity contribution is 5.63. The summed E-state index contributed by atoms with van der Waals surface area (Å²) in [6.07, 6.45) is 3.95. The van der Waals surface area contributed by atoms with Crippen molar-refractivity contribution in [2.75, 3.05) is 7.11 Å². The Bertz CT molecular complexity index is 1220. The van der Waals surface area contributed by atoms with Crippen molar-refractivity contribution in [2.45, 2.75) is 19.5 Å². The maximum Gasteiger partial charge on any atom is 0.387 e. The predicted molar refractivity (Wildman–Crippen MR) is 113 cm³/mol. The molecule has 156 valence electrons. The van der Waals surface area contributed by atoms with E-state index in [2.05, 4.69) is 38.3 Å². The van der Waals surface area contributed by atoms with Gasteiger partial charge in [-0.1, -0.05) is 18.2 Å². The van der Waals surface area contributed by atoms with Gasteiger partial charge >= 0.3 is 6.61 Å². The molecule has 2 heterocycles. The Morgan fingerprint density at radius 1 is 0.871 bits per heavy atom. The van der Waals surface area contributed by atoms with Crippen LogP contribution in [-0.2, 0) is 12.8 Å². The Morgan fingerprint density at radius 2 is 1.58 bits per heavy atom. The number of aryl methyl sites for hydroxylation is 1. The summed E-state index contributed by atoms with van der Waals surface area (Å²) in [5.74, 6) is 2.09. The summed E-state index contributed by atoms with van der Waals surface area (Å²) in [6.45, 7) is -2.84. The lowest BCUT2D eigenvalue weighted by molar-refractivity contribution is -0.606. The van der Waals surface area contributed by atoms with Gasteiger partial charge < -0.3 is 9.47 Å². The molecule has 0 spiro atoms. The third kappa shape index (κ3) is 3.54. The molecule has 1 aliphatic heterocycles. The highest BCUT2D eigenvalue weighted by Gasteiger charge is 2.31. The summed E-state index contributed by atoms with van der Waals surface area (Å²) in [5, 5.41) is 0. The number of imidazole rings is 1. The van der Waals surface area contributed by atoms with Crippen molar-refractivity contribution in [3.05, 3.63) is 90.4 Å². The minimum absolute atomic E-state index is 0.143. The predicted octanol–water partition coefficient (Wildman–Crippen LogP) is 5.13. The molecule has 3 aromatic carbocycles. The standard InChI is InChI=1S/C25H21F2N2O2/c1-30-20-13-9-19(10-14-20)29-23(18-6-11-21(12-7-18)31-25(26)27)16-28-22-5-3-2-4-17(22)8-15-24(28)29/h2-7,9-14,16,25H,8,15H2,1H3/q+1. The smallest absolute Gasteiger partial charge is 0.387 e. The third-order valence-corrected chi connectivity index (χ3v) is 5.60. The highest BCUT2D eigenvalue weighted by atomic mass is 19.3. The number of alkyl halides is 2. The van der Waals surface area contributed by atoms with E-state index in [1.807, 2.05) is 42.5 Å². The van der Waals surface area contributed by atoms with E-state index in [4.69, 9.17) is 4.74 Å². The van der Waals surface area contributed by atoms with Crippen LogP contribution in [-0.4, -0.2) is 18.3 Å².